The fourth-order valence-electron chi connectivity index (χ4n) is 2.21. The minimum Gasteiger partial charge on any atom is -0.481 e. The highest BCUT2D eigenvalue weighted by atomic mass is 19.1. The number of rotatable bonds is 6. The number of carbonyl (C=O) groups is 1. The summed E-state index contributed by atoms with van der Waals surface area (Å²) in [5.41, 5.74) is 2.75. The first-order chi connectivity index (χ1) is 11.0. The third-order valence-corrected chi connectivity index (χ3v) is 3.83. The van der Waals surface area contributed by atoms with Crippen LogP contribution in [0.15, 0.2) is 42.5 Å². The first kappa shape index (κ1) is 17.0. The Morgan fingerprint density at radius 3 is 2.57 bits per heavy atom. The molecule has 1 amide bonds. The van der Waals surface area contributed by atoms with Crippen molar-refractivity contribution in [2.45, 2.75) is 39.8 Å². The Morgan fingerprint density at radius 2 is 1.91 bits per heavy atom. The highest BCUT2D eigenvalue weighted by molar-refractivity contribution is 5.81. The van der Waals surface area contributed by atoms with E-state index >= 15 is 0 Å². The van der Waals surface area contributed by atoms with Crippen LogP contribution in [0.4, 0.5) is 4.39 Å². The summed E-state index contributed by atoms with van der Waals surface area (Å²) in [6.45, 7) is 6.06. The van der Waals surface area contributed by atoms with E-state index in [1.807, 2.05) is 39.0 Å². The Labute approximate surface area is 136 Å². The number of nitrogens with one attached hydrogen (secondary N) is 1. The lowest BCUT2D eigenvalue weighted by atomic mass is 10.1. The number of hydrogen-bond donors (Lipinski definition) is 1. The van der Waals surface area contributed by atoms with Crippen LogP contribution in [0.3, 0.4) is 0 Å². The molecule has 0 aliphatic heterocycles. The minimum absolute atomic E-state index is 0.151. The maximum absolute atomic E-state index is 13.6. The van der Waals surface area contributed by atoms with E-state index < -0.39 is 6.10 Å². The number of carbonyl (C=O) groups excluding carboxylic acids is 1. The molecule has 0 aromatic heterocycles. The normalized spacial score (nSPS) is 11.8. The molecule has 0 heterocycles. The van der Waals surface area contributed by atoms with Gasteiger partial charge in [-0.25, -0.2) is 4.39 Å². The van der Waals surface area contributed by atoms with Crippen LogP contribution in [-0.4, -0.2) is 12.0 Å². The molecule has 1 atom stereocenters. The molecule has 0 saturated carbocycles. The lowest BCUT2D eigenvalue weighted by Crippen LogP contribution is -2.37. The van der Waals surface area contributed by atoms with Crippen molar-refractivity contribution in [3.8, 4) is 5.75 Å². The second kappa shape index (κ2) is 7.77. The molecule has 1 N–H and O–H groups in total. The second-order valence-electron chi connectivity index (χ2n) is 5.57. The third kappa shape index (κ3) is 4.55. The standard InChI is InChI=1S/C19H22FNO2/c1-4-18(23-16-10-9-13(2)14(3)11-16)19(22)21-12-15-7-5-6-8-17(15)20/h5-11,18H,4,12H2,1-3H3,(H,21,22). The largest absolute Gasteiger partial charge is 0.481 e. The highest BCUT2D eigenvalue weighted by Crippen LogP contribution is 2.18. The molecule has 2 aromatic carbocycles. The van der Waals surface area contributed by atoms with Gasteiger partial charge >= 0.3 is 0 Å². The predicted molar refractivity (Wildman–Crippen MR) is 88.9 cm³/mol. The molecule has 0 fully saturated rings. The predicted octanol–water partition coefficient (Wildman–Crippen LogP) is 3.92. The third-order valence-electron chi connectivity index (χ3n) is 3.83. The Balaban J connectivity index is 1.98. The number of amides is 1. The van der Waals surface area contributed by atoms with Crippen LogP contribution in [0.1, 0.15) is 30.0 Å². The monoisotopic (exact) mass is 315 g/mol. The van der Waals surface area contributed by atoms with Gasteiger partial charge in [0.1, 0.15) is 11.6 Å². The fraction of sp³-hybridized carbons (Fsp3) is 0.316. The van der Waals surface area contributed by atoms with Gasteiger partial charge in [-0.1, -0.05) is 31.2 Å². The molecule has 122 valence electrons. The quantitative estimate of drug-likeness (QED) is 0.877. The van der Waals surface area contributed by atoms with Crippen LogP contribution in [0, 0.1) is 19.7 Å². The molecular formula is C19H22FNO2. The summed E-state index contributed by atoms with van der Waals surface area (Å²) in [6, 6.07) is 12.1. The summed E-state index contributed by atoms with van der Waals surface area (Å²) in [5, 5.41) is 2.73. The van der Waals surface area contributed by atoms with E-state index in [1.165, 1.54) is 11.6 Å². The maximum Gasteiger partial charge on any atom is 0.261 e. The first-order valence-electron chi connectivity index (χ1n) is 7.76. The van der Waals surface area contributed by atoms with Crippen molar-refractivity contribution in [1.29, 1.82) is 0 Å². The summed E-state index contributed by atoms with van der Waals surface area (Å²) in [4.78, 5) is 12.3. The van der Waals surface area contributed by atoms with Gasteiger partial charge in [0.2, 0.25) is 0 Å². The highest BCUT2D eigenvalue weighted by Gasteiger charge is 2.18. The molecule has 3 nitrogen and oxygen atoms in total. The topological polar surface area (TPSA) is 38.3 Å². The van der Waals surface area contributed by atoms with Crippen molar-refractivity contribution < 1.29 is 13.9 Å². The van der Waals surface area contributed by atoms with Gasteiger partial charge in [0.15, 0.2) is 6.10 Å². The van der Waals surface area contributed by atoms with Crippen molar-refractivity contribution in [1.82, 2.24) is 5.32 Å². The first-order valence-corrected chi connectivity index (χ1v) is 7.76. The zero-order valence-electron chi connectivity index (χ0n) is 13.7. The van der Waals surface area contributed by atoms with Gasteiger partial charge in [0.25, 0.3) is 5.91 Å². The molecule has 23 heavy (non-hydrogen) atoms. The zero-order valence-corrected chi connectivity index (χ0v) is 13.7. The van der Waals surface area contributed by atoms with E-state index in [9.17, 15) is 9.18 Å². The molecule has 1 unspecified atom stereocenters. The Kier molecular flexibility index (Phi) is 5.74. The van der Waals surface area contributed by atoms with E-state index in [2.05, 4.69) is 5.32 Å². The average Bonchev–Trinajstić information content (AvgIpc) is 2.54. The van der Waals surface area contributed by atoms with Crippen LogP contribution >= 0.6 is 0 Å². The van der Waals surface area contributed by atoms with Gasteiger partial charge in [0.05, 0.1) is 0 Å². The number of aryl methyl sites for hydroxylation is 2. The van der Waals surface area contributed by atoms with Crippen LogP contribution in [-0.2, 0) is 11.3 Å². The number of ether oxygens (including phenoxy) is 1. The van der Waals surface area contributed by atoms with Crippen molar-refractivity contribution >= 4 is 5.91 Å². The van der Waals surface area contributed by atoms with Gasteiger partial charge in [-0.15, -0.1) is 0 Å². The Hall–Kier alpha value is -2.36. The number of hydrogen-bond acceptors (Lipinski definition) is 2. The molecular weight excluding hydrogens is 293 g/mol. The minimum atomic E-state index is -0.594. The second-order valence-corrected chi connectivity index (χ2v) is 5.57. The smallest absolute Gasteiger partial charge is 0.261 e. The van der Waals surface area contributed by atoms with Gasteiger partial charge in [-0.05, 0) is 49.6 Å². The van der Waals surface area contributed by atoms with E-state index in [0.29, 0.717) is 17.7 Å². The molecule has 0 spiro atoms. The molecule has 2 aromatic rings. The summed E-state index contributed by atoms with van der Waals surface area (Å²) in [5.74, 6) is 0.103. The lowest BCUT2D eigenvalue weighted by molar-refractivity contribution is -0.128. The van der Waals surface area contributed by atoms with Gasteiger partial charge < -0.3 is 10.1 Å². The van der Waals surface area contributed by atoms with E-state index in [1.54, 1.807) is 18.2 Å². The SMILES string of the molecule is CCC(Oc1ccc(C)c(C)c1)C(=O)NCc1ccccc1F. The van der Waals surface area contributed by atoms with Gasteiger partial charge in [-0.2, -0.15) is 0 Å². The molecule has 0 aliphatic carbocycles. The van der Waals surface area contributed by atoms with Crippen LogP contribution in [0.5, 0.6) is 5.75 Å². The summed E-state index contributed by atoms with van der Waals surface area (Å²) in [7, 11) is 0. The molecule has 0 bridgehead atoms. The van der Waals surface area contributed by atoms with Crippen molar-refractivity contribution in [2.24, 2.45) is 0 Å². The summed E-state index contributed by atoms with van der Waals surface area (Å²) in [6.07, 6.45) is -0.0559. The van der Waals surface area contributed by atoms with Gasteiger partial charge in [0, 0.05) is 12.1 Å². The Morgan fingerprint density at radius 1 is 1.17 bits per heavy atom. The van der Waals surface area contributed by atoms with Crippen LogP contribution in [0.25, 0.3) is 0 Å². The molecule has 0 saturated heterocycles. The van der Waals surface area contributed by atoms with Gasteiger partial charge in [-0.3, -0.25) is 4.79 Å². The van der Waals surface area contributed by atoms with E-state index in [-0.39, 0.29) is 18.3 Å². The summed E-state index contributed by atoms with van der Waals surface area (Å²) < 4.78 is 19.3. The van der Waals surface area contributed by atoms with Crippen molar-refractivity contribution in [3.05, 3.63) is 65.0 Å². The van der Waals surface area contributed by atoms with E-state index in [0.717, 1.165) is 5.56 Å². The average molecular weight is 315 g/mol. The van der Waals surface area contributed by atoms with Crippen LogP contribution < -0.4 is 10.1 Å². The molecule has 0 radical (unpaired) electrons. The molecule has 4 heteroatoms. The molecule has 0 aliphatic rings. The van der Waals surface area contributed by atoms with Crippen molar-refractivity contribution in [2.75, 3.05) is 0 Å². The lowest BCUT2D eigenvalue weighted by Gasteiger charge is -2.18. The van der Waals surface area contributed by atoms with Crippen molar-refractivity contribution in [3.63, 3.8) is 0 Å². The number of benzene rings is 2. The maximum atomic E-state index is 13.6. The Bertz CT molecular complexity index is 685. The zero-order chi connectivity index (χ0) is 16.8. The summed E-state index contributed by atoms with van der Waals surface area (Å²) >= 11 is 0. The molecule has 2 rings (SSSR count). The number of halogens is 1. The fourth-order valence-corrected chi connectivity index (χ4v) is 2.21. The van der Waals surface area contributed by atoms with E-state index in [4.69, 9.17) is 4.74 Å². The van der Waals surface area contributed by atoms with Crippen LogP contribution in [0.2, 0.25) is 0 Å².